The molecule has 3 aromatic rings. The molecule has 0 unspecified atom stereocenters. The van der Waals surface area contributed by atoms with Crippen molar-refractivity contribution in [2.45, 2.75) is 19.8 Å². The molecule has 3 rings (SSSR count). The first kappa shape index (κ1) is 13.2. The van der Waals surface area contributed by atoms with Crippen LogP contribution in [0.15, 0.2) is 24.3 Å². The van der Waals surface area contributed by atoms with Gasteiger partial charge in [0, 0.05) is 6.42 Å². The Morgan fingerprint density at radius 3 is 2.70 bits per heavy atom. The maximum Gasteiger partial charge on any atom is 0.199 e. The lowest BCUT2D eigenvalue weighted by molar-refractivity contribution is 0.947. The van der Waals surface area contributed by atoms with Crippen LogP contribution in [0.25, 0.3) is 10.3 Å². The quantitative estimate of drug-likeness (QED) is 0.727. The molecule has 0 amide bonds. The van der Waals surface area contributed by atoms with Crippen molar-refractivity contribution in [1.82, 2.24) is 15.0 Å². The molecule has 2 aromatic heterocycles. The topological polar surface area (TPSA) is 67.6 Å². The number of aromatic amines is 1. The summed E-state index contributed by atoms with van der Waals surface area (Å²) in [5.74, 6) is 0.344. The summed E-state index contributed by atoms with van der Waals surface area (Å²) in [5.41, 5.74) is 9.00. The number of H-pyrrole nitrogens is 1. The van der Waals surface area contributed by atoms with Gasteiger partial charge in [-0.15, -0.1) is 0 Å². The van der Waals surface area contributed by atoms with Crippen LogP contribution in [0.3, 0.4) is 0 Å². The molecular formula is C14H14N4S2. The highest BCUT2D eigenvalue weighted by molar-refractivity contribution is 7.71. The first-order valence-electron chi connectivity index (χ1n) is 6.32. The third-order valence-corrected chi connectivity index (χ3v) is 4.38. The Morgan fingerprint density at radius 2 is 1.95 bits per heavy atom. The van der Waals surface area contributed by atoms with E-state index in [0.717, 1.165) is 28.2 Å². The predicted octanol–water partition coefficient (Wildman–Crippen LogP) is 3.42. The summed E-state index contributed by atoms with van der Waals surface area (Å²) in [6, 6.07) is 8.58. The Balaban J connectivity index is 1.83. The molecule has 0 aliphatic carbocycles. The van der Waals surface area contributed by atoms with E-state index in [-0.39, 0.29) is 0 Å². The van der Waals surface area contributed by atoms with Crippen molar-refractivity contribution >= 4 is 39.9 Å². The van der Waals surface area contributed by atoms with Crippen molar-refractivity contribution in [2.24, 2.45) is 0 Å². The lowest BCUT2D eigenvalue weighted by atomic mass is 10.1. The molecule has 0 aliphatic heterocycles. The number of benzene rings is 1. The van der Waals surface area contributed by atoms with E-state index >= 15 is 0 Å². The van der Waals surface area contributed by atoms with Gasteiger partial charge in [-0.1, -0.05) is 53.4 Å². The number of hydrogen-bond donors (Lipinski definition) is 2. The number of rotatable bonds is 3. The highest BCUT2D eigenvalue weighted by Crippen LogP contribution is 2.22. The second-order valence-electron chi connectivity index (χ2n) is 4.70. The van der Waals surface area contributed by atoms with Crippen LogP contribution in [-0.4, -0.2) is 15.0 Å². The van der Waals surface area contributed by atoms with E-state index < -0.39 is 0 Å². The highest BCUT2D eigenvalue weighted by Gasteiger charge is 2.08. The number of nitrogens with one attached hydrogen (secondary N) is 1. The zero-order valence-electron chi connectivity index (χ0n) is 11.0. The Hall–Kier alpha value is -1.79. The molecular weight excluding hydrogens is 288 g/mol. The Labute approximate surface area is 125 Å². The van der Waals surface area contributed by atoms with Crippen LogP contribution < -0.4 is 5.73 Å². The van der Waals surface area contributed by atoms with Crippen molar-refractivity contribution in [3.05, 3.63) is 45.0 Å². The fourth-order valence-corrected chi connectivity index (χ4v) is 3.27. The van der Waals surface area contributed by atoms with Crippen molar-refractivity contribution in [1.29, 1.82) is 0 Å². The first-order valence-corrected chi connectivity index (χ1v) is 7.55. The largest absolute Gasteiger partial charge is 0.369 e. The SMILES string of the molecule is Cc1ccc(CCc2nc3c(=S)[nH]c(N)nc3s2)cc1. The van der Waals surface area contributed by atoms with Crippen LogP contribution in [0.5, 0.6) is 0 Å². The molecule has 0 radical (unpaired) electrons. The van der Waals surface area contributed by atoms with Crippen LogP contribution in [-0.2, 0) is 12.8 Å². The standard InChI is InChI=1S/C14H14N4S2/c1-8-2-4-9(5-3-8)6-7-10-16-11-12(19)17-14(15)18-13(11)20-10/h2-5H,6-7H2,1H3,(H3,15,17,18,19). The van der Waals surface area contributed by atoms with E-state index in [4.69, 9.17) is 18.0 Å². The first-order chi connectivity index (χ1) is 9.61. The number of thiazole rings is 1. The minimum Gasteiger partial charge on any atom is -0.369 e. The van der Waals surface area contributed by atoms with E-state index in [1.165, 1.54) is 11.1 Å². The van der Waals surface area contributed by atoms with E-state index in [1.54, 1.807) is 11.3 Å². The average Bonchev–Trinajstić information content (AvgIpc) is 2.81. The van der Waals surface area contributed by atoms with Gasteiger partial charge < -0.3 is 10.7 Å². The van der Waals surface area contributed by atoms with Gasteiger partial charge in [0.2, 0.25) is 0 Å². The number of fused-ring (bicyclic) bond motifs is 1. The van der Waals surface area contributed by atoms with Crippen LogP contribution in [0, 0.1) is 11.6 Å². The summed E-state index contributed by atoms with van der Waals surface area (Å²) in [5, 5.41) is 1.04. The van der Waals surface area contributed by atoms with E-state index in [2.05, 4.69) is 46.1 Å². The summed E-state index contributed by atoms with van der Waals surface area (Å²) in [6.45, 7) is 2.09. The Morgan fingerprint density at radius 1 is 1.20 bits per heavy atom. The van der Waals surface area contributed by atoms with Gasteiger partial charge in [0.15, 0.2) is 10.8 Å². The number of nitrogen functional groups attached to an aromatic ring is 1. The molecule has 0 atom stereocenters. The van der Waals surface area contributed by atoms with Crippen molar-refractivity contribution in [2.75, 3.05) is 5.73 Å². The van der Waals surface area contributed by atoms with Crippen molar-refractivity contribution in [3.8, 4) is 0 Å². The molecule has 3 N–H and O–H groups in total. The third kappa shape index (κ3) is 2.71. The van der Waals surface area contributed by atoms with Gasteiger partial charge in [0.05, 0.1) is 5.01 Å². The molecule has 2 heterocycles. The number of nitrogens with zero attached hydrogens (tertiary/aromatic N) is 2. The van der Waals surface area contributed by atoms with Gasteiger partial charge >= 0.3 is 0 Å². The summed E-state index contributed by atoms with van der Waals surface area (Å²) >= 11 is 6.77. The van der Waals surface area contributed by atoms with Crippen molar-refractivity contribution < 1.29 is 0 Å². The van der Waals surface area contributed by atoms with E-state index in [1.807, 2.05) is 0 Å². The Bertz CT molecular complexity index is 802. The molecule has 1 aromatic carbocycles. The van der Waals surface area contributed by atoms with Gasteiger partial charge in [-0.2, -0.15) is 0 Å². The summed E-state index contributed by atoms with van der Waals surface area (Å²) in [7, 11) is 0. The second kappa shape index (κ2) is 5.30. The fraction of sp³-hybridized carbons (Fsp3) is 0.214. The molecule has 0 aliphatic rings. The second-order valence-corrected chi connectivity index (χ2v) is 6.17. The molecule has 6 heteroatoms. The molecule has 102 valence electrons. The van der Waals surface area contributed by atoms with Crippen LogP contribution >= 0.6 is 23.6 Å². The molecule has 0 fully saturated rings. The van der Waals surface area contributed by atoms with Gasteiger partial charge in [0.1, 0.15) is 10.2 Å². The lowest BCUT2D eigenvalue weighted by Crippen LogP contribution is -1.94. The fourth-order valence-electron chi connectivity index (χ4n) is 2.00. The van der Waals surface area contributed by atoms with Crippen LogP contribution in [0.4, 0.5) is 5.95 Å². The summed E-state index contributed by atoms with van der Waals surface area (Å²) in [4.78, 5) is 12.4. The van der Waals surface area contributed by atoms with Gasteiger partial charge in [-0.05, 0) is 18.9 Å². The molecule has 0 bridgehead atoms. The number of aromatic nitrogens is 3. The zero-order valence-corrected chi connectivity index (χ0v) is 12.6. The number of aryl methyl sites for hydroxylation is 3. The molecule has 0 saturated heterocycles. The van der Waals surface area contributed by atoms with Gasteiger partial charge in [-0.25, -0.2) is 9.97 Å². The molecule has 0 saturated carbocycles. The normalized spacial score (nSPS) is 11.1. The maximum absolute atomic E-state index is 5.66. The van der Waals surface area contributed by atoms with Gasteiger partial charge in [-0.3, -0.25) is 0 Å². The summed E-state index contributed by atoms with van der Waals surface area (Å²) in [6.07, 6.45) is 1.85. The van der Waals surface area contributed by atoms with E-state index in [9.17, 15) is 0 Å². The average molecular weight is 302 g/mol. The number of nitrogens with two attached hydrogens (primary N) is 1. The lowest BCUT2D eigenvalue weighted by Gasteiger charge is -1.99. The predicted molar refractivity (Wildman–Crippen MR) is 85.6 cm³/mol. The van der Waals surface area contributed by atoms with Crippen LogP contribution in [0.1, 0.15) is 16.1 Å². The maximum atomic E-state index is 5.66. The van der Waals surface area contributed by atoms with Gasteiger partial charge in [0.25, 0.3) is 0 Å². The minimum absolute atomic E-state index is 0.344. The number of anilines is 1. The molecule has 20 heavy (non-hydrogen) atoms. The molecule has 0 spiro atoms. The van der Waals surface area contributed by atoms with E-state index in [0.29, 0.717) is 10.6 Å². The molecule has 4 nitrogen and oxygen atoms in total. The highest BCUT2D eigenvalue weighted by atomic mass is 32.1. The van der Waals surface area contributed by atoms with Crippen molar-refractivity contribution in [3.63, 3.8) is 0 Å². The Kier molecular flexibility index (Phi) is 3.50. The number of hydrogen-bond acceptors (Lipinski definition) is 5. The zero-order chi connectivity index (χ0) is 14.1. The smallest absolute Gasteiger partial charge is 0.199 e. The van der Waals surface area contributed by atoms with Crippen LogP contribution in [0.2, 0.25) is 0 Å². The monoisotopic (exact) mass is 302 g/mol. The third-order valence-electron chi connectivity index (χ3n) is 3.08. The summed E-state index contributed by atoms with van der Waals surface area (Å²) < 4.78 is 0.560. The minimum atomic E-state index is 0.344.